The number of aromatic amines is 1. The van der Waals surface area contributed by atoms with Crippen molar-refractivity contribution in [2.75, 3.05) is 7.11 Å². The van der Waals surface area contributed by atoms with E-state index in [2.05, 4.69) is 4.98 Å². The van der Waals surface area contributed by atoms with Gasteiger partial charge in [-0.1, -0.05) is 30.3 Å². The molecule has 2 aromatic rings. The highest BCUT2D eigenvalue weighted by Gasteiger charge is 2.26. The summed E-state index contributed by atoms with van der Waals surface area (Å²) in [4.78, 5) is 41.7. The number of benzene rings is 1. The van der Waals surface area contributed by atoms with Gasteiger partial charge in [0.05, 0.1) is 24.8 Å². The zero-order chi connectivity index (χ0) is 20.1. The number of carbonyl (C=O) groups is 3. The predicted octanol–water partition coefficient (Wildman–Crippen LogP) is 3.29. The van der Waals surface area contributed by atoms with Gasteiger partial charge in [-0.25, -0.2) is 4.79 Å². The highest BCUT2D eigenvalue weighted by Crippen LogP contribution is 2.22. The van der Waals surface area contributed by atoms with Crippen molar-refractivity contribution in [3.05, 3.63) is 58.4 Å². The fraction of sp³-hybridized carbons (Fsp3) is 0.381. The van der Waals surface area contributed by atoms with Gasteiger partial charge >= 0.3 is 5.97 Å². The second-order valence-corrected chi connectivity index (χ2v) is 6.80. The number of ketones is 1. The van der Waals surface area contributed by atoms with E-state index in [1.54, 1.807) is 11.8 Å². The Balaban J connectivity index is 2.33. The van der Waals surface area contributed by atoms with E-state index < -0.39 is 5.97 Å². The number of H-pyrrole nitrogens is 1. The van der Waals surface area contributed by atoms with Crippen molar-refractivity contribution in [3.8, 4) is 0 Å². The van der Waals surface area contributed by atoms with E-state index in [1.165, 1.54) is 14.0 Å². The van der Waals surface area contributed by atoms with Gasteiger partial charge < -0.3 is 14.6 Å². The number of nitrogens with one attached hydrogen (secondary N) is 1. The topological polar surface area (TPSA) is 79.5 Å². The standard InChI is InChI=1S/C21H26N2O4/c1-13(2)23(12-16-9-7-6-8-10-16)18(25)11-17-19(21(26)27-5)14(3)20(22-17)15(4)24/h6-10,13,22H,11-12H2,1-5H3. The van der Waals surface area contributed by atoms with Crippen LogP contribution in [-0.2, 0) is 22.5 Å². The van der Waals surface area contributed by atoms with E-state index in [1.807, 2.05) is 44.2 Å². The van der Waals surface area contributed by atoms with Gasteiger partial charge in [-0.05, 0) is 31.9 Å². The molecule has 0 atom stereocenters. The molecule has 1 aromatic carbocycles. The summed E-state index contributed by atoms with van der Waals surface area (Å²) in [5.74, 6) is -0.880. The van der Waals surface area contributed by atoms with E-state index in [0.717, 1.165) is 5.56 Å². The van der Waals surface area contributed by atoms with Crippen molar-refractivity contribution >= 4 is 17.7 Å². The minimum absolute atomic E-state index is 0.0104. The Morgan fingerprint density at radius 1 is 1.15 bits per heavy atom. The highest BCUT2D eigenvalue weighted by atomic mass is 16.5. The van der Waals surface area contributed by atoms with Crippen LogP contribution in [0, 0.1) is 6.92 Å². The van der Waals surface area contributed by atoms with Gasteiger partial charge in [-0.3, -0.25) is 9.59 Å². The summed E-state index contributed by atoms with van der Waals surface area (Å²) in [7, 11) is 1.28. The lowest BCUT2D eigenvalue weighted by Gasteiger charge is -2.27. The van der Waals surface area contributed by atoms with Crippen LogP contribution in [0.3, 0.4) is 0 Å². The van der Waals surface area contributed by atoms with E-state index in [0.29, 0.717) is 23.5 Å². The molecular formula is C21H26N2O4. The van der Waals surface area contributed by atoms with Crippen LogP contribution in [0.2, 0.25) is 0 Å². The van der Waals surface area contributed by atoms with Crippen molar-refractivity contribution < 1.29 is 19.1 Å². The fourth-order valence-electron chi connectivity index (χ4n) is 3.11. The molecule has 0 radical (unpaired) electrons. The van der Waals surface area contributed by atoms with Crippen molar-refractivity contribution in [2.24, 2.45) is 0 Å². The van der Waals surface area contributed by atoms with Gasteiger partial charge in [-0.15, -0.1) is 0 Å². The number of methoxy groups -OCH3 is 1. The number of carbonyl (C=O) groups excluding carboxylic acids is 3. The molecule has 0 unspecified atom stereocenters. The maximum Gasteiger partial charge on any atom is 0.339 e. The second kappa shape index (κ2) is 8.66. The minimum Gasteiger partial charge on any atom is -0.465 e. The molecule has 0 bridgehead atoms. The first-order chi connectivity index (χ1) is 12.8. The number of ether oxygens (including phenoxy) is 1. The van der Waals surface area contributed by atoms with E-state index >= 15 is 0 Å². The molecule has 1 aromatic heterocycles. The Hall–Kier alpha value is -2.89. The Morgan fingerprint density at radius 3 is 2.30 bits per heavy atom. The average Bonchev–Trinajstić information content (AvgIpc) is 2.95. The van der Waals surface area contributed by atoms with Gasteiger partial charge in [-0.2, -0.15) is 0 Å². The van der Waals surface area contributed by atoms with Crippen molar-refractivity contribution in [3.63, 3.8) is 0 Å². The lowest BCUT2D eigenvalue weighted by atomic mass is 10.1. The Kier molecular flexibility index (Phi) is 6.55. The van der Waals surface area contributed by atoms with Gasteiger partial charge in [0.15, 0.2) is 5.78 Å². The van der Waals surface area contributed by atoms with Crippen LogP contribution in [-0.4, -0.2) is 40.7 Å². The van der Waals surface area contributed by atoms with Gasteiger partial charge in [0.25, 0.3) is 0 Å². The zero-order valence-corrected chi connectivity index (χ0v) is 16.5. The third kappa shape index (κ3) is 4.64. The summed E-state index contributed by atoms with van der Waals surface area (Å²) >= 11 is 0. The molecular weight excluding hydrogens is 344 g/mol. The summed E-state index contributed by atoms with van der Waals surface area (Å²) < 4.78 is 4.84. The molecule has 2 rings (SSSR count). The largest absolute Gasteiger partial charge is 0.465 e. The molecule has 0 saturated carbocycles. The van der Waals surface area contributed by atoms with Gasteiger partial charge in [0.1, 0.15) is 0 Å². The molecule has 6 nitrogen and oxygen atoms in total. The molecule has 1 heterocycles. The Labute approximate surface area is 159 Å². The van der Waals surface area contributed by atoms with Crippen LogP contribution in [0.5, 0.6) is 0 Å². The number of esters is 1. The molecule has 6 heteroatoms. The number of Topliss-reactive ketones (excluding diaryl/α,β-unsaturated/α-hetero) is 1. The molecule has 0 fully saturated rings. The maximum atomic E-state index is 13.0. The average molecular weight is 370 g/mol. The maximum absolute atomic E-state index is 13.0. The third-order valence-electron chi connectivity index (χ3n) is 4.54. The number of nitrogens with zero attached hydrogens (tertiary/aromatic N) is 1. The first-order valence-corrected chi connectivity index (χ1v) is 8.90. The number of amides is 1. The van der Waals surface area contributed by atoms with Crippen LogP contribution in [0.15, 0.2) is 30.3 Å². The molecule has 1 amide bonds. The molecule has 0 aliphatic rings. The predicted molar refractivity (Wildman–Crippen MR) is 103 cm³/mol. The van der Waals surface area contributed by atoms with Crippen LogP contribution < -0.4 is 0 Å². The van der Waals surface area contributed by atoms with Crippen LogP contribution in [0.25, 0.3) is 0 Å². The highest BCUT2D eigenvalue weighted by molar-refractivity contribution is 6.01. The zero-order valence-electron chi connectivity index (χ0n) is 16.5. The third-order valence-corrected chi connectivity index (χ3v) is 4.54. The molecule has 144 valence electrons. The molecule has 1 N–H and O–H groups in total. The Morgan fingerprint density at radius 2 is 1.78 bits per heavy atom. The first kappa shape index (κ1) is 20.4. The van der Waals surface area contributed by atoms with Crippen molar-refractivity contribution in [1.29, 1.82) is 0 Å². The second-order valence-electron chi connectivity index (χ2n) is 6.80. The van der Waals surface area contributed by atoms with Gasteiger partial charge in [0, 0.05) is 25.2 Å². The molecule has 0 saturated heterocycles. The lowest BCUT2D eigenvalue weighted by molar-refractivity contribution is -0.132. The molecule has 0 spiro atoms. The van der Waals surface area contributed by atoms with E-state index in [-0.39, 0.29) is 29.7 Å². The summed E-state index contributed by atoms with van der Waals surface area (Å²) in [6, 6.07) is 9.72. The SMILES string of the molecule is COC(=O)c1c(CC(=O)N(Cc2ccccc2)C(C)C)[nH]c(C(C)=O)c1C. The normalized spacial score (nSPS) is 10.7. The van der Waals surface area contributed by atoms with Crippen LogP contribution in [0.1, 0.15) is 58.4 Å². The van der Waals surface area contributed by atoms with E-state index in [4.69, 9.17) is 4.74 Å². The number of aromatic nitrogens is 1. The van der Waals surface area contributed by atoms with Crippen LogP contribution in [0.4, 0.5) is 0 Å². The van der Waals surface area contributed by atoms with Crippen molar-refractivity contribution in [2.45, 2.75) is 46.7 Å². The van der Waals surface area contributed by atoms with Crippen LogP contribution >= 0.6 is 0 Å². The lowest BCUT2D eigenvalue weighted by Crippen LogP contribution is -2.37. The molecule has 27 heavy (non-hydrogen) atoms. The smallest absolute Gasteiger partial charge is 0.339 e. The number of hydrogen-bond donors (Lipinski definition) is 1. The summed E-state index contributed by atoms with van der Waals surface area (Å²) in [5.41, 5.74) is 2.54. The first-order valence-electron chi connectivity index (χ1n) is 8.90. The molecule has 0 aliphatic heterocycles. The summed E-state index contributed by atoms with van der Waals surface area (Å²) in [6.45, 7) is 7.47. The van der Waals surface area contributed by atoms with E-state index in [9.17, 15) is 14.4 Å². The van der Waals surface area contributed by atoms with Crippen molar-refractivity contribution in [1.82, 2.24) is 9.88 Å². The van der Waals surface area contributed by atoms with Gasteiger partial charge in [0.2, 0.25) is 5.91 Å². The number of rotatable bonds is 7. The number of hydrogen-bond acceptors (Lipinski definition) is 4. The summed E-state index contributed by atoms with van der Waals surface area (Å²) in [6.07, 6.45) is -0.0104. The minimum atomic E-state index is -0.557. The monoisotopic (exact) mass is 370 g/mol. The summed E-state index contributed by atoms with van der Waals surface area (Å²) in [5, 5.41) is 0. The fourth-order valence-corrected chi connectivity index (χ4v) is 3.11. The quantitative estimate of drug-likeness (QED) is 0.599. The Bertz CT molecular complexity index is 837. The molecule has 0 aliphatic carbocycles.